The Balaban J connectivity index is 1.89. The third-order valence-corrected chi connectivity index (χ3v) is 4.77. The molecule has 2 aromatic carbocycles. The fourth-order valence-electron chi connectivity index (χ4n) is 3.21. The van der Waals surface area contributed by atoms with E-state index in [1.807, 2.05) is 26.0 Å². The molecule has 31 heavy (non-hydrogen) atoms. The first kappa shape index (κ1) is 21.6. The van der Waals surface area contributed by atoms with Gasteiger partial charge in [0.25, 0.3) is 0 Å². The van der Waals surface area contributed by atoms with E-state index >= 15 is 0 Å². The smallest absolute Gasteiger partial charge is 0.337 e. The summed E-state index contributed by atoms with van der Waals surface area (Å²) in [4.78, 5) is 39.2. The summed E-state index contributed by atoms with van der Waals surface area (Å²) < 4.78 is 15.6. The van der Waals surface area contributed by atoms with Crippen LogP contribution in [0.25, 0.3) is 5.69 Å². The summed E-state index contributed by atoms with van der Waals surface area (Å²) in [5, 5.41) is 18.5. The van der Waals surface area contributed by atoms with Gasteiger partial charge in [-0.2, -0.15) is 0 Å². The first-order chi connectivity index (χ1) is 14.7. The molecule has 1 aromatic heterocycles. The molecule has 0 saturated carbocycles. The maximum atomic E-state index is 13.9. The number of carboxylic acid groups (broad SMARTS) is 2. The SMILES string of the molecule is Cc1ccc(C)n1-c1cc(C(=O)CN=Cc2cc(C(=O)O)ccc2F)ccc1C(=O)O. The van der Waals surface area contributed by atoms with Crippen molar-refractivity contribution in [1.82, 2.24) is 4.57 Å². The maximum absolute atomic E-state index is 13.9. The number of benzene rings is 2. The summed E-state index contributed by atoms with van der Waals surface area (Å²) in [5.41, 5.74) is 2.16. The molecule has 8 heteroatoms. The first-order valence-corrected chi connectivity index (χ1v) is 9.27. The lowest BCUT2D eigenvalue weighted by Crippen LogP contribution is -2.11. The van der Waals surface area contributed by atoms with Gasteiger partial charge in [0.05, 0.1) is 16.8 Å². The van der Waals surface area contributed by atoms with E-state index in [0.717, 1.165) is 35.8 Å². The second-order valence-corrected chi connectivity index (χ2v) is 6.92. The topological polar surface area (TPSA) is 109 Å². The molecule has 0 atom stereocenters. The highest BCUT2D eigenvalue weighted by atomic mass is 19.1. The van der Waals surface area contributed by atoms with Crippen molar-refractivity contribution in [2.75, 3.05) is 6.54 Å². The number of aromatic carboxylic acids is 2. The zero-order valence-corrected chi connectivity index (χ0v) is 16.8. The molecule has 0 aliphatic rings. The molecule has 0 unspecified atom stereocenters. The number of hydrogen-bond donors (Lipinski definition) is 2. The zero-order valence-electron chi connectivity index (χ0n) is 16.8. The van der Waals surface area contributed by atoms with Gasteiger partial charge in [0, 0.05) is 28.7 Å². The number of carbonyl (C=O) groups excluding carboxylic acids is 1. The average molecular weight is 422 g/mol. The lowest BCUT2D eigenvalue weighted by molar-refractivity contribution is 0.0686. The molecule has 0 aliphatic carbocycles. The van der Waals surface area contributed by atoms with E-state index in [9.17, 15) is 23.9 Å². The fourth-order valence-corrected chi connectivity index (χ4v) is 3.21. The number of nitrogens with zero attached hydrogens (tertiary/aromatic N) is 2. The van der Waals surface area contributed by atoms with Crippen LogP contribution < -0.4 is 0 Å². The van der Waals surface area contributed by atoms with Crippen molar-refractivity contribution in [2.24, 2.45) is 4.99 Å². The van der Waals surface area contributed by atoms with Crippen LogP contribution in [0.2, 0.25) is 0 Å². The molecule has 3 aromatic rings. The highest BCUT2D eigenvalue weighted by molar-refractivity contribution is 6.01. The third kappa shape index (κ3) is 4.58. The largest absolute Gasteiger partial charge is 0.478 e. The van der Waals surface area contributed by atoms with Gasteiger partial charge in [0.1, 0.15) is 12.4 Å². The van der Waals surface area contributed by atoms with Gasteiger partial charge in [-0.3, -0.25) is 9.79 Å². The highest BCUT2D eigenvalue weighted by Crippen LogP contribution is 2.22. The van der Waals surface area contributed by atoms with E-state index in [1.165, 1.54) is 18.2 Å². The maximum Gasteiger partial charge on any atom is 0.337 e. The minimum Gasteiger partial charge on any atom is -0.478 e. The standard InChI is InChI=1S/C23H19FN2O5/c1-13-3-4-14(2)26(13)20-10-15(5-7-18(20)23(30)31)21(27)12-25-11-17-9-16(22(28)29)6-8-19(17)24/h3-11H,12H2,1-2H3,(H,28,29)(H,30,31). The second-order valence-electron chi connectivity index (χ2n) is 6.92. The van der Waals surface area contributed by atoms with Crippen LogP contribution in [0.3, 0.4) is 0 Å². The Morgan fingerprint density at radius 2 is 1.58 bits per heavy atom. The van der Waals surface area contributed by atoms with Crippen LogP contribution >= 0.6 is 0 Å². The summed E-state index contributed by atoms with van der Waals surface area (Å²) >= 11 is 0. The van der Waals surface area contributed by atoms with Crippen molar-refractivity contribution >= 4 is 23.9 Å². The Labute approximate surface area is 177 Å². The van der Waals surface area contributed by atoms with Crippen molar-refractivity contribution in [1.29, 1.82) is 0 Å². The molecule has 7 nitrogen and oxygen atoms in total. The summed E-state index contributed by atoms with van der Waals surface area (Å²) in [6, 6.07) is 11.2. The molecular formula is C23H19FN2O5. The Bertz CT molecular complexity index is 1210. The second kappa shape index (κ2) is 8.74. The number of carboxylic acids is 2. The van der Waals surface area contributed by atoms with Crippen molar-refractivity contribution in [3.05, 3.63) is 88.0 Å². The van der Waals surface area contributed by atoms with Gasteiger partial charge in [-0.05, 0) is 56.3 Å². The Kier molecular flexibility index (Phi) is 6.10. The minimum absolute atomic E-state index is 0.0480. The predicted molar refractivity (Wildman–Crippen MR) is 112 cm³/mol. The monoisotopic (exact) mass is 422 g/mol. The van der Waals surface area contributed by atoms with E-state index < -0.39 is 23.5 Å². The number of carbonyl (C=O) groups is 3. The molecule has 0 spiro atoms. The molecule has 2 N–H and O–H groups in total. The van der Waals surface area contributed by atoms with Crippen LogP contribution in [0.4, 0.5) is 4.39 Å². The number of hydrogen-bond acceptors (Lipinski definition) is 4. The fraction of sp³-hybridized carbons (Fsp3) is 0.130. The lowest BCUT2D eigenvalue weighted by atomic mass is 10.0. The Hall–Kier alpha value is -4.07. The number of Topliss-reactive ketones (excluding diaryl/α,β-unsaturated/α-hetero) is 1. The first-order valence-electron chi connectivity index (χ1n) is 9.27. The molecule has 0 aliphatic heterocycles. The highest BCUT2D eigenvalue weighted by Gasteiger charge is 2.17. The van der Waals surface area contributed by atoms with Crippen molar-refractivity contribution in [3.8, 4) is 5.69 Å². The normalized spacial score (nSPS) is 11.1. The van der Waals surface area contributed by atoms with Gasteiger partial charge in [-0.15, -0.1) is 0 Å². The van der Waals surface area contributed by atoms with Crippen LogP contribution in [0.1, 0.15) is 48.0 Å². The van der Waals surface area contributed by atoms with Gasteiger partial charge in [-0.25, -0.2) is 14.0 Å². The van der Waals surface area contributed by atoms with E-state index in [4.69, 9.17) is 5.11 Å². The van der Waals surface area contributed by atoms with Crippen LogP contribution in [-0.2, 0) is 0 Å². The number of aromatic nitrogens is 1. The summed E-state index contributed by atoms with van der Waals surface area (Å²) in [7, 11) is 0. The van der Waals surface area contributed by atoms with E-state index in [1.54, 1.807) is 4.57 Å². The van der Waals surface area contributed by atoms with E-state index in [0.29, 0.717) is 5.69 Å². The van der Waals surface area contributed by atoms with Crippen LogP contribution in [-0.4, -0.2) is 45.3 Å². The average Bonchev–Trinajstić information content (AvgIpc) is 3.06. The molecule has 158 valence electrons. The Morgan fingerprint density at radius 3 is 2.19 bits per heavy atom. The summed E-state index contributed by atoms with van der Waals surface area (Å²) in [5.74, 6) is -3.37. The van der Waals surface area contributed by atoms with E-state index in [-0.39, 0.29) is 28.8 Å². The molecule has 0 bridgehead atoms. The predicted octanol–water partition coefficient (Wildman–Crippen LogP) is 3.93. The van der Waals surface area contributed by atoms with Crippen molar-refractivity contribution in [3.63, 3.8) is 0 Å². The lowest BCUT2D eigenvalue weighted by Gasteiger charge is -2.14. The molecule has 3 rings (SSSR count). The number of rotatable bonds is 7. The molecule has 0 fully saturated rings. The van der Waals surface area contributed by atoms with Gasteiger partial charge in [-0.1, -0.05) is 6.07 Å². The quantitative estimate of drug-likeness (QED) is 0.443. The number of ketones is 1. The van der Waals surface area contributed by atoms with Gasteiger partial charge in [0.2, 0.25) is 0 Å². The van der Waals surface area contributed by atoms with Crippen molar-refractivity contribution in [2.45, 2.75) is 13.8 Å². The molecule has 0 saturated heterocycles. The number of aliphatic imine (C=N–C) groups is 1. The molecular weight excluding hydrogens is 403 g/mol. The van der Waals surface area contributed by atoms with Crippen molar-refractivity contribution < 1.29 is 29.0 Å². The van der Waals surface area contributed by atoms with Gasteiger partial charge < -0.3 is 14.8 Å². The van der Waals surface area contributed by atoms with Gasteiger partial charge >= 0.3 is 11.9 Å². The molecule has 0 radical (unpaired) electrons. The number of halogens is 1. The zero-order chi connectivity index (χ0) is 22.7. The van der Waals surface area contributed by atoms with Crippen LogP contribution in [0.5, 0.6) is 0 Å². The molecule has 0 amide bonds. The van der Waals surface area contributed by atoms with Gasteiger partial charge in [0.15, 0.2) is 5.78 Å². The van der Waals surface area contributed by atoms with Crippen LogP contribution in [0.15, 0.2) is 53.5 Å². The minimum atomic E-state index is -1.20. The summed E-state index contributed by atoms with van der Waals surface area (Å²) in [6.45, 7) is 3.35. The van der Waals surface area contributed by atoms with E-state index in [2.05, 4.69) is 4.99 Å². The Morgan fingerprint density at radius 1 is 0.935 bits per heavy atom. The summed E-state index contributed by atoms with van der Waals surface area (Å²) in [6.07, 6.45) is 1.10. The third-order valence-electron chi connectivity index (χ3n) is 4.77. The van der Waals surface area contributed by atoms with Crippen LogP contribution in [0, 0.1) is 19.7 Å². The molecule has 1 heterocycles. The number of aryl methyl sites for hydroxylation is 2.